The molecule has 3 rings (SSSR count). The Bertz CT molecular complexity index is 847. The minimum absolute atomic E-state index is 0.184. The van der Waals surface area contributed by atoms with E-state index in [9.17, 15) is 4.39 Å². The molecule has 0 amide bonds. The molecule has 2 aromatic rings. The number of benzene rings is 1. The van der Waals surface area contributed by atoms with Gasteiger partial charge in [0.05, 0.1) is 13.2 Å². The number of nitrogens with one attached hydrogen (secondary N) is 1. The Morgan fingerprint density at radius 2 is 2.28 bits per heavy atom. The monoisotopic (exact) mass is 404 g/mol. The molecule has 0 radical (unpaired) electrons. The molecule has 1 atom stereocenters. The summed E-state index contributed by atoms with van der Waals surface area (Å²) in [4.78, 5) is 6.67. The summed E-state index contributed by atoms with van der Waals surface area (Å²) in [6, 6.07) is 4.97. The summed E-state index contributed by atoms with van der Waals surface area (Å²) >= 11 is 0. The van der Waals surface area contributed by atoms with Crippen molar-refractivity contribution in [1.82, 2.24) is 25.0 Å². The van der Waals surface area contributed by atoms with Crippen molar-refractivity contribution in [2.75, 3.05) is 27.3 Å². The summed E-state index contributed by atoms with van der Waals surface area (Å²) in [5.41, 5.74) is 0.826. The fourth-order valence-corrected chi connectivity index (χ4v) is 3.21. The third-order valence-electron chi connectivity index (χ3n) is 5.06. The number of aromatic nitrogens is 3. The summed E-state index contributed by atoms with van der Waals surface area (Å²) in [5, 5.41) is 11.6. The van der Waals surface area contributed by atoms with E-state index in [2.05, 4.69) is 15.5 Å². The number of halogens is 1. The average Bonchev–Trinajstić information content (AvgIpc) is 3.33. The zero-order valence-electron chi connectivity index (χ0n) is 17.5. The molecule has 1 aliphatic heterocycles. The predicted molar refractivity (Wildman–Crippen MR) is 108 cm³/mol. The van der Waals surface area contributed by atoms with Crippen LogP contribution in [0.1, 0.15) is 30.1 Å². The lowest BCUT2D eigenvalue weighted by molar-refractivity contribution is 0.113. The standard InChI is InChI=1S/C20H29FN6O2/c1-14-24-25-19(27(14)3)12-23-20(22-11-16-6-5-9-29-16)26(2)13-15-7-8-18(28-4)17(21)10-15/h7-8,10,16H,5-6,9,11-13H2,1-4H3,(H,22,23). The van der Waals surface area contributed by atoms with Crippen LogP contribution in [-0.2, 0) is 24.9 Å². The maximum atomic E-state index is 14.0. The quantitative estimate of drug-likeness (QED) is 0.562. The van der Waals surface area contributed by atoms with Gasteiger partial charge in [-0.3, -0.25) is 0 Å². The van der Waals surface area contributed by atoms with Gasteiger partial charge in [-0.05, 0) is 37.5 Å². The minimum atomic E-state index is -0.376. The summed E-state index contributed by atoms with van der Waals surface area (Å²) in [5.74, 6) is 2.18. The van der Waals surface area contributed by atoms with Crippen LogP contribution in [0.25, 0.3) is 0 Å². The summed E-state index contributed by atoms with van der Waals surface area (Å²) < 4.78 is 26.7. The van der Waals surface area contributed by atoms with Crippen molar-refractivity contribution in [2.45, 2.75) is 39.0 Å². The normalized spacial score (nSPS) is 16.9. The van der Waals surface area contributed by atoms with Crippen molar-refractivity contribution in [3.63, 3.8) is 0 Å². The number of ether oxygens (including phenoxy) is 2. The molecule has 9 heteroatoms. The Kier molecular flexibility index (Phi) is 7.03. The fourth-order valence-electron chi connectivity index (χ4n) is 3.21. The zero-order valence-corrected chi connectivity index (χ0v) is 17.5. The molecule has 2 heterocycles. The lowest BCUT2D eigenvalue weighted by Crippen LogP contribution is -2.42. The van der Waals surface area contributed by atoms with Gasteiger partial charge in [0.2, 0.25) is 0 Å². The van der Waals surface area contributed by atoms with E-state index in [-0.39, 0.29) is 17.7 Å². The number of nitrogens with zero attached hydrogens (tertiary/aromatic N) is 5. The van der Waals surface area contributed by atoms with Crippen LogP contribution < -0.4 is 10.1 Å². The molecule has 1 fully saturated rings. The van der Waals surface area contributed by atoms with Crippen LogP contribution in [-0.4, -0.2) is 59.0 Å². The van der Waals surface area contributed by atoms with Crippen molar-refractivity contribution in [3.05, 3.63) is 41.2 Å². The number of rotatable bonds is 7. The Morgan fingerprint density at radius 3 is 2.90 bits per heavy atom. The highest BCUT2D eigenvalue weighted by atomic mass is 19.1. The second-order valence-corrected chi connectivity index (χ2v) is 7.20. The van der Waals surface area contributed by atoms with Crippen LogP contribution in [0.2, 0.25) is 0 Å². The molecule has 0 saturated carbocycles. The number of aryl methyl sites for hydroxylation is 1. The predicted octanol–water partition coefficient (Wildman–Crippen LogP) is 2.03. The van der Waals surface area contributed by atoms with Crippen LogP contribution in [0.4, 0.5) is 4.39 Å². The van der Waals surface area contributed by atoms with Crippen LogP contribution in [0.15, 0.2) is 23.2 Å². The van der Waals surface area contributed by atoms with E-state index in [4.69, 9.17) is 14.5 Å². The number of hydrogen-bond donors (Lipinski definition) is 1. The third-order valence-corrected chi connectivity index (χ3v) is 5.06. The van der Waals surface area contributed by atoms with E-state index in [1.165, 1.54) is 13.2 Å². The van der Waals surface area contributed by atoms with E-state index < -0.39 is 0 Å². The van der Waals surface area contributed by atoms with Gasteiger partial charge in [-0.25, -0.2) is 9.38 Å². The molecular weight excluding hydrogens is 375 g/mol. The largest absolute Gasteiger partial charge is 0.494 e. The van der Waals surface area contributed by atoms with Crippen molar-refractivity contribution < 1.29 is 13.9 Å². The van der Waals surface area contributed by atoms with Crippen LogP contribution in [0, 0.1) is 12.7 Å². The lowest BCUT2D eigenvalue weighted by atomic mass is 10.2. The molecule has 1 aliphatic rings. The van der Waals surface area contributed by atoms with E-state index in [0.717, 1.165) is 36.7 Å². The molecule has 158 valence electrons. The first-order chi connectivity index (χ1) is 14.0. The molecule has 1 saturated heterocycles. The Balaban J connectivity index is 1.72. The Morgan fingerprint density at radius 1 is 1.45 bits per heavy atom. The number of guanidine groups is 1. The average molecular weight is 404 g/mol. The van der Waals surface area contributed by atoms with Gasteiger partial charge >= 0.3 is 0 Å². The number of aliphatic imine (C=N–C) groups is 1. The van der Waals surface area contributed by atoms with Gasteiger partial charge in [0.25, 0.3) is 0 Å². The van der Waals surface area contributed by atoms with Crippen molar-refractivity contribution >= 4 is 5.96 Å². The van der Waals surface area contributed by atoms with Gasteiger partial charge in [0.1, 0.15) is 12.4 Å². The van der Waals surface area contributed by atoms with Gasteiger partial charge < -0.3 is 24.3 Å². The summed E-state index contributed by atoms with van der Waals surface area (Å²) in [6.45, 7) is 4.28. The maximum Gasteiger partial charge on any atom is 0.194 e. The van der Waals surface area contributed by atoms with Crippen LogP contribution >= 0.6 is 0 Å². The van der Waals surface area contributed by atoms with Gasteiger partial charge in [-0.1, -0.05) is 6.07 Å². The smallest absolute Gasteiger partial charge is 0.194 e. The second kappa shape index (κ2) is 9.69. The Hall–Kier alpha value is -2.68. The van der Waals surface area contributed by atoms with Gasteiger partial charge in [0, 0.05) is 33.8 Å². The summed E-state index contributed by atoms with van der Waals surface area (Å²) in [7, 11) is 5.30. The minimum Gasteiger partial charge on any atom is -0.494 e. The first-order valence-electron chi connectivity index (χ1n) is 9.76. The van der Waals surface area contributed by atoms with Crippen molar-refractivity contribution in [2.24, 2.45) is 12.0 Å². The highest BCUT2D eigenvalue weighted by Gasteiger charge is 2.17. The molecule has 0 bridgehead atoms. The molecule has 0 spiro atoms. The Labute approximate surface area is 170 Å². The lowest BCUT2D eigenvalue weighted by Gasteiger charge is -2.24. The topological polar surface area (TPSA) is 76.8 Å². The maximum absolute atomic E-state index is 14.0. The van der Waals surface area contributed by atoms with E-state index in [1.54, 1.807) is 6.07 Å². The summed E-state index contributed by atoms with van der Waals surface area (Å²) in [6.07, 6.45) is 2.30. The SMILES string of the molecule is COc1ccc(CN(C)C(=NCc2nnc(C)n2C)NCC2CCCO2)cc1F. The van der Waals surface area contributed by atoms with Gasteiger partial charge in [0.15, 0.2) is 23.4 Å². The zero-order chi connectivity index (χ0) is 20.8. The molecule has 1 unspecified atom stereocenters. The molecule has 1 aromatic carbocycles. The highest BCUT2D eigenvalue weighted by molar-refractivity contribution is 5.79. The van der Waals surface area contributed by atoms with Crippen LogP contribution in [0.5, 0.6) is 5.75 Å². The molecule has 1 N–H and O–H groups in total. The number of methoxy groups -OCH3 is 1. The first kappa shape index (κ1) is 21.0. The molecule has 1 aromatic heterocycles. The molecule has 0 aliphatic carbocycles. The molecular formula is C20H29FN6O2. The first-order valence-corrected chi connectivity index (χ1v) is 9.76. The highest BCUT2D eigenvalue weighted by Crippen LogP contribution is 2.18. The van der Waals surface area contributed by atoms with Gasteiger partial charge in [-0.2, -0.15) is 0 Å². The van der Waals surface area contributed by atoms with E-state index in [1.807, 2.05) is 36.6 Å². The molecule has 29 heavy (non-hydrogen) atoms. The number of hydrogen-bond acceptors (Lipinski definition) is 5. The van der Waals surface area contributed by atoms with Gasteiger partial charge in [-0.15, -0.1) is 10.2 Å². The van der Waals surface area contributed by atoms with Crippen LogP contribution in [0.3, 0.4) is 0 Å². The fraction of sp³-hybridized carbons (Fsp3) is 0.550. The second-order valence-electron chi connectivity index (χ2n) is 7.20. The van der Waals surface area contributed by atoms with E-state index >= 15 is 0 Å². The van der Waals surface area contributed by atoms with E-state index in [0.29, 0.717) is 25.6 Å². The molecule has 8 nitrogen and oxygen atoms in total. The van der Waals surface area contributed by atoms with Crippen molar-refractivity contribution in [3.8, 4) is 5.75 Å². The third kappa shape index (κ3) is 5.44. The van der Waals surface area contributed by atoms with Crippen molar-refractivity contribution in [1.29, 1.82) is 0 Å².